The van der Waals surface area contributed by atoms with Gasteiger partial charge in [0.25, 0.3) is 11.8 Å². The van der Waals surface area contributed by atoms with Crippen LogP contribution in [0, 0.1) is 0 Å². The van der Waals surface area contributed by atoms with E-state index in [2.05, 4.69) is 15.0 Å². The highest BCUT2D eigenvalue weighted by molar-refractivity contribution is 7.11. The Morgan fingerprint density at radius 2 is 1.81 bits per heavy atom. The van der Waals surface area contributed by atoms with E-state index in [1.165, 1.54) is 23.5 Å². The summed E-state index contributed by atoms with van der Waals surface area (Å²) in [5.41, 5.74) is 1.05. The standard InChI is InChI=1S/C21H14F3N3O3S/c22-21(23,24)30-15-4-1-3-14(11-15)26-18-17(16-5-2-10-31-16)19(28)27(20(18)29)12-13-6-8-25-9-7-13/h1-11,26H,12H2. The Labute approximate surface area is 178 Å². The molecule has 3 heterocycles. The van der Waals surface area contributed by atoms with Crippen molar-refractivity contribution in [2.24, 2.45) is 0 Å². The number of benzene rings is 1. The fraction of sp³-hybridized carbons (Fsp3) is 0.0952. The van der Waals surface area contributed by atoms with Crippen LogP contribution in [-0.4, -0.2) is 28.1 Å². The maximum Gasteiger partial charge on any atom is 0.573 e. The van der Waals surface area contributed by atoms with E-state index in [4.69, 9.17) is 0 Å². The number of amides is 2. The van der Waals surface area contributed by atoms with Crippen molar-refractivity contribution in [3.63, 3.8) is 0 Å². The number of anilines is 1. The molecule has 1 aliphatic heterocycles. The molecule has 0 bridgehead atoms. The van der Waals surface area contributed by atoms with Gasteiger partial charge in [0.15, 0.2) is 0 Å². The smallest absolute Gasteiger partial charge is 0.406 e. The van der Waals surface area contributed by atoms with Gasteiger partial charge in [-0.3, -0.25) is 19.5 Å². The number of hydrogen-bond donors (Lipinski definition) is 1. The van der Waals surface area contributed by atoms with Gasteiger partial charge >= 0.3 is 6.36 Å². The lowest BCUT2D eigenvalue weighted by atomic mass is 10.2. The summed E-state index contributed by atoms with van der Waals surface area (Å²) in [6.45, 7) is 0.0392. The van der Waals surface area contributed by atoms with E-state index in [1.807, 2.05) is 0 Å². The number of pyridine rings is 1. The first-order valence-corrected chi connectivity index (χ1v) is 9.86. The topological polar surface area (TPSA) is 71.5 Å². The molecule has 0 spiro atoms. The van der Waals surface area contributed by atoms with E-state index in [0.717, 1.165) is 17.0 Å². The second-order valence-electron chi connectivity index (χ2n) is 6.48. The lowest BCUT2D eigenvalue weighted by molar-refractivity contribution is -0.274. The summed E-state index contributed by atoms with van der Waals surface area (Å²) in [7, 11) is 0. The molecule has 31 heavy (non-hydrogen) atoms. The number of hydrogen-bond acceptors (Lipinski definition) is 6. The van der Waals surface area contributed by atoms with Crippen LogP contribution in [0.25, 0.3) is 5.57 Å². The molecular formula is C21H14F3N3O3S. The van der Waals surface area contributed by atoms with Crippen LogP contribution >= 0.6 is 11.3 Å². The molecular weight excluding hydrogens is 431 g/mol. The predicted octanol–water partition coefficient (Wildman–Crippen LogP) is 4.43. The number of carbonyl (C=O) groups excluding carboxylic acids is 2. The minimum Gasteiger partial charge on any atom is -0.406 e. The maximum absolute atomic E-state index is 13.1. The number of aromatic nitrogens is 1. The number of thiophene rings is 1. The Bertz CT molecular complexity index is 1150. The van der Waals surface area contributed by atoms with Crippen molar-refractivity contribution in [3.8, 4) is 5.75 Å². The summed E-state index contributed by atoms with van der Waals surface area (Å²) in [5.74, 6) is -1.51. The monoisotopic (exact) mass is 445 g/mol. The quantitative estimate of drug-likeness (QED) is 0.569. The second-order valence-corrected chi connectivity index (χ2v) is 7.43. The highest BCUT2D eigenvalue weighted by Gasteiger charge is 2.39. The third-order valence-electron chi connectivity index (χ3n) is 4.36. The van der Waals surface area contributed by atoms with Crippen molar-refractivity contribution in [1.29, 1.82) is 0 Å². The van der Waals surface area contributed by atoms with Gasteiger partial charge in [-0.15, -0.1) is 24.5 Å². The molecule has 0 radical (unpaired) electrons. The number of halogens is 3. The summed E-state index contributed by atoms with van der Waals surface area (Å²) < 4.78 is 41.5. The van der Waals surface area contributed by atoms with Gasteiger partial charge in [0.05, 0.1) is 12.1 Å². The Hall–Kier alpha value is -3.66. The molecule has 0 atom stereocenters. The summed E-state index contributed by atoms with van der Waals surface area (Å²) in [6.07, 6.45) is -1.74. The minimum absolute atomic E-state index is 0.00864. The van der Waals surface area contributed by atoms with Crippen molar-refractivity contribution in [2.75, 3.05) is 5.32 Å². The zero-order valence-corrected chi connectivity index (χ0v) is 16.5. The fourth-order valence-corrected chi connectivity index (χ4v) is 3.84. The zero-order valence-electron chi connectivity index (χ0n) is 15.7. The van der Waals surface area contributed by atoms with Crippen molar-refractivity contribution in [2.45, 2.75) is 12.9 Å². The lowest BCUT2D eigenvalue weighted by Crippen LogP contribution is -2.31. The Balaban J connectivity index is 1.67. The first kappa shape index (κ1) is 20.6. The van der Waals surface area contributed by atoms with E-state index in [0.29, 0.717) is 10.4 Å². The Morgan fingerprint density at radius 3 is 2.48 bits per heavy atom. The molecule has 2 aromatic heterocycles. The first-order valence-electron chi connectivity index (χ1n) is 8.98. The number of ether oxygens (including phenoxy) is 1. The third-order valence-corrected chi connectivity index (χ3v) is 5.25. The van der Waals surface area contributed by atoms with Crippen LogP contribution in [0.15, 0.2) is 72.0 Å². The van der Waals surface area contributed by atoms with E-state index in [9.17, 15) is 22.8 Å². The highest BCUT2D eigenvalue weighted by Crippen LogP contribution is 2.34. The van der Waals surface area contributed by atoms with E-state index in [-0.39, 0.29) is 23.5 Å². The SMILES string of the molecule is O=C1C(Nc2cccc(OC(F)(F)F)c2)=C(c2cccs2)C(=O)N1Cc1ccncc1. The van der Waals surface area contributed by atoms with E-state index >= 15 is 0 Å². The molecule has 10 heteroatoms. The van der Waals surface area contributed by atoms with Crippen molar-refractivity contribution >= 4 is 34.4 Å². The molecule has 0 fully saturated rings. The highest BCUT2D eigenvalue weighted by atomic mass is 32.1. The van der Waals surface area contributed by atoms with Crippen LogP contribution in [0.2, 0.25) is 0 Å². The third kappa shape index (κ3) is 4.58. The van der Waals surface area contributed by atoms with Gasteiger partial charge in [0.1, 0.15) is 11.4 Å². The van der Waals surface area contributed by atoms with Crippen LogP contribution < -0.4 is 10.1 Å². The normalized spacial score (nSPS) is 14.4. The van der Waals surface area contributed by atoms with Crippen LogP contribution in [0.3, 0.4) is 0 Å². The molecule has 1 aromatic carbocycles. The maximum atomic E-state index is 13.1. The van der Waals surface area contributed by atoms with E-state index in [1.54, 1.807) is 42.0 Å². The Kier molecular flexibility index (Phi) is 5.47. The number of nitrogens with one attached hydrogen (secondary N) is 1. The van der Waals surface area contributed by atoms with Crippen molar-refractivity contribution in [1.82, 2.24) is 9.88 Å². The molecule has 6 nitrogen and oxygen atoms in total. The Morgan fingerprint density at radius 1 is 1.03 bits per heavy atom. The van der Waals surface area contributed by atoms with Gasteiger partial charge in [0, 0.05) is 29.0 Å². The average molecular weight is 445 g/mol. The molecule has 1 N–H and O–H groups in total. The van der Waals surface area contributed by atoms with Gasteiger partial charge in [0.2, 0.25) is 0 Å². The molecule has 3 aromatic rings. The van der Waals surface area contributed by atoms with Crippen LogP contribution in [-0.2, 0) is 16.1 Å². The molecule has 1 aliphatic rings. The van der Waals surface area contributed by atoms with Gasteiger partial charge in [-0.2, -0.15) is 0 Å². The first-order chi connectivity index (χ1) is 14.8. The molecule has 0 unspecified atom stereocenters. The van der Waals surface area contributed by atoms with Crippen LogP contribution in [0.1, 0.15) is 10.4 Å². The van der Waals surface area contributed by atoms with Gasteiger partial charge < -0.3 is 10.1 Å². The van der Waals surface area contributed by atoms with Gasteiger partial charge in [-0.25, -0.2) is 0 Å². The van der Waals surface area contributed by atoms with E-state index < -0.39 is 23.9 Å². The number of rotatable bonds is 6. The van der Waals surface area contributed by atoms with Crippen LogP contribution in [0.5, 0.6) is 5.75 Å². The number of nitrogens with zero attached hydrogens (tertiary/aromatic N) is 2. The number of imide groups is 1. The van der Waals surface area contributed by atoms with Gasteiger partial charge in [-0.1, -0.05) is 12.1 Å². The van der Waals surface area contributed by atoms with Crippen molar-refractivity contribution in [3.05, 3.63) is 82.4 Å². The number of carbonyl (C=O) groups is 2. The zero-order chi connectivity index (χ0) is 22.0. The molecule has 158 valence electrons. The summed E-state index contributed by atoms with van der Waals surface area (Å²) in [6, 6.07) is 11.9. The summed E-state index contributed by atoms with van der Waals surface area (Å²) in [4.78, 5) is 31.8. The minimum atomic E-state index is -4.85. The largest absolute Gasteiger partial charge is 0.573 e. The average Bonchev–Trinajstić information content (AvgIpc) is 3.31. The fourth-order valence-electron chi connectivity index (χ4n) is 3.07. The second kappa shape index (κ2) is 8.23. The predicted molar refractivity (Wildman–Crippen MR) is 108 cm³/mol. The number of alkyl halides is 3. The lowest BCUT2D eigenvalue weighted by Gasteiger charge is -2.15. The summed E-state index contributed by atoms with van der Waals surface area (Å²) >= 11 is 1.28. The molecule has 4 rings (SSSR count). The molecule has 0 saturated carbocycles. The molecule has 0 aliphatic carbocycles. The molecule has 0 saturated heterocycles. The van der Waals surface area contributed by atoms with Crippen molar-refractivity contribution < 1.29 is 27.5 Å². The molecule has 2 amide bonds. The van der Waals surface area contributed by atoms with Gasteiger partial charge in [-0.05, 0) is 41.3 Å². The summed E-state index contributed by atoms with van der Waals surface area (Å²) in [5, 5.41) is 4.58. The van der Waals surface area contributed by atoms with Crippen LogP contribution in [0.4, 0.5) is 18.9 Å².